The van der Waals surface area contributed by atoms with Crippen LogP contribution in [0.1, 0.15) is 58.4 Å². The molecule has 0 saturated carbocycles. The van der Waals surface area contributed by atoms with Gasteiger partial charge in [0.1, 0.15) is 12.6 Å². The molecule has 3 N–H and O–H groups in total. The zero-order chi connectivity index (χ0) is 24.2. The lowest BCUT2D eigenvalue weighted by Crippen LogP contribution is -2.55. The quantitative estimate of drug-likeness (QED) is 0.164. The first-order valence-corrected chi connectivity index (χ1v) is 14.3. The Bertz CT molecular complexity index is 750. The average Bonchev–Trinajstić information content (AvgIpc) is 2.74. The van der Waals surface area contributed by atoms with Gasteiger partial charge in [-0.3, -0.25) is 9.46 Å². The van der Waals surface area contributed by atoms with E-state index in [0.29, 0.717) is 29.9 Å². The largest absolute Gasteiger partial charge is 0.480 e. The number of thioether (sulfide) groups is 2. The van der Waals surface area contributed by atoms with Crippen LogP contribution in [-0.4, -0.2) is 53.3 Å². The van der Waals surface area contributed by atoms with E-state index in [1.807, 2.05) is 19.9 Å². The number of carbonyl (C=O) groups excluding carboxylic acids is 1. The fraction of sp³-hybridized carbons (Fsp3) is 0.619. The van der Waals surface area contributed by atoms with Gasteiger partial charge in [0, 0.05) is 0 Å². The predicted octanol–water partition coefficient (Wildman–Crippen LogP) is 5.34. The predicted molar refractivity (Wildman–Crippen MR) is 130 cm³/mol. The molecule has 0 radical (unpaired) electrons. The van der Waals surface area contributed by atoms with Crippen molar-refractivity contribution in [1.29, 1.82) is 0 Å². The fourth-order valence-electron chi connectivity index (χ4n) is 2.88. The second-order valence-corrected chi connectivity index (χ2v) is 12.3. The maximum absolute atomic E-state index is 13.3. The number of carbonyl (C=O) groups is 2. The van der Waals surface area contributed by atoms with Crippen molar-refractivity contribution in [2.24, 2.45) is 0 Å². The van der Waals surface area contributed by atoms with Crippen LogP contribution in [0.4, 0.5) is 4.79 Å². The molecule has 1 aromatic carbocycles. The van der Waals surface area contributed by atoms with Crippen LogP contribution in [0.2, 0.25) is 0 Å². The number of aliphatic carboxylic acids is 1. The van der Waals surface area contributed by atoms with Crippen molar-refractivity contribution < 1.29 is 33.8 Å². The summed E-state index contributed by atoms with van der Waals surface area (Å²) in [5.41, 5.74) is 0.684. The summed E-state index contributed by atoms with van der Waals surface area (Å²) in [4.78, 5) is 47.1. The topological polar surface area (TPSA) is 124 Å². The van der Waals surface area contributed by atoms with E-state index in [2.05, 4.69) is 0 Å². The molecule has 0 bridgehead atoms. The second kappa shape index (κ2) is 14.2. The van der Waals surface area contributed by atoms with Gasteiger partial charge in [0.05, 0.1) is 0 Å². The zero-order valence-corrected chi connectivity index (χ0v) is 21.3. The van der Waals surface area contributed by atoms with Gasteiger partial charge >= 0.3 is 19.7 Å². The maximum atomic E-state index is 13.3. The van der Waals surface area contributed by atoms with Crippen molar-refractivity contribution in [3.8, 4) is 0 Å². The molecule has 0 spiro atoms. The Labute approximate surface area is 198 Å². The Morgan fingerprint density at radius 2 is 1.59 bits per heavy atom. The average molecular weight is 508 g/mol. The molecule has 0 aliphatic rings. The molecule has 0 saturated heterocycles. The number of hydrogen-bond donors (Lipinski definition) is 3. The van der Waals surface area contributed by atoms with Gasteiger partial charge in [0.15, 0.2) is 0 Å². The van der Waals surface area contributed by atoms with Crippen molar-refractivity contribution in [2.45, 2.75) is 69.5 Å². The van der Waals surface area contributed by atoms with Gasteiger partial charge in [0.25, 0.3) is 0 Å². The Balaban J connectivity index is 3.46. The van der Waals surface area contributed by atoms with Gasteiger partial charge in [-0.15, -0.1) is 23.5 Å². The number of ether oxygens (including phenoxy) is 1. The minimum Gasteiger partial charge on any atom is -0.480 e. The van der Waals surface area contributed by atoms with Crippen LogP contribution >= 0.6 is 31.1 Å². The van der Waals surface area contributed by atoms with Crippen LogP contribution in [0.5, 0.6) is 0 Å². The van der Waals surface area contributed by atoms with Crippen LogP contribution in [-0.2, 0) is 20.7 Å². The van der Waals surface area contributed by atoms with Crippen LogP contribution in [0.25, 0.3) is 0 Å². The fourth-order valence-corrected chi connectivity index (χ4v) is 8.19. The van der Waals surface area contributed by atoms with Crippen LogP contribution < -0.4 is 0 Å². The van der Waals surface area contributed by atoms with Gasteiger partial charge in [-0.25, -0.2) is 9.59 Å². The lowest BCUT2D eigenvalue weighted by atomic mass is 10.2. The Morgan fingerprint density at radius 3 is 2.00 bits per heavy atom. The first-order valence-electron chi connectivity index (χ1n) is 10.7. The van der Waals surface area contributed by atoms with Gasteiger partial charge in [-0.05, 0) is 36.3 Å². The van der Waals surface area contributed by atoms with E-state index in [1.54, 1.807) is 31.2 Å². The van der Waals surface area contributed by atoms with Crippen molar-refractivity contribution in [3.63, 3.8) is 0 Å². The highest BCUT2D eigenvalue weighted by Crippen LogP contribution is 2.66. The summed E-state index contributed by atoms with van der Waals surface area (Å²) in [6.45, 7) is 5.32. The summed E-state index contributed by atoms with van der Waals surface area (Å²) in [7, 11) is -5.01. The molecule has 0 heterocycles. The molecule has 0 fully saturated rings. The van der Waals surface area contributed by atoms with Crippen LogP contribution in [0.15, 0.2) is 30.3 Å². The number of nitrogens with zero attached hydrogens (tertiary/aromatic N) is 1. The van der Waals surface area contributed by atoms with E-state index in [1.165, 1.54) is 0 Å². The maximum Gasteiger partial charge on any atom is 0.413 e. The second-order valence-electron chi connectivity index (χ2n) is 7.17. The molecule has 1 atom stereocenters. The Kier molecular flexibility index (Phi) is 12.8. The minimum absolute atomic E-state index is 0.0276. The third kappa shape index (κ3) is 7.99. The highest BCUT2D eigenvalue weighted by molar-refractivity contribution is 8.24. The lowest BCUT2D eigenvalue weighted by molar-refractivity contribution is -0.143. The van der Waals surface area contributed by atoms with Crippen molar-refractivity contribution in [2.75, 3.05) is 11.5 Å². The highest BCUT2D eigenvalue weighted by atomic mass is 32.2. The first kappa shape index (κ1) is 28.8. The van der Waals surface area contributed by atoms with Gasteiger partial charge in [-0.1, -0.05) is 63.9 Å². The molecule has 1 unspecified atom stereocenters. The van der Waals surface area contributed by atoms with E-state index >= 15 is 0 Å². The first-order chi connectivity index (χ1) is 15.1. The zero-order valence-electron chi connectivity index (χ0n) is 18.8. The molecular weight excluding hydrogens is 473 g/mol. The monoisotopic (exact) mass is 507 g/mol. The molecule has 0 aliphatic heterocycles. The molecule has 1 aromatic rings. The number of benzene rings is 1. The number of rotatable bonds is 15. The summed E-state index contributed by atoms with van der Waals surface area (Å²) in [6, 6.07) is 7.39. The summed E-state index contributed by atoms with van der Waals surface area (Å²) >= 11 is 1.86. The number of hydrogen-bond acceptors (Lipinski definition) is 6. The van der Waals surface area contributed by atoms with E-state index in [9.17, 15) is 29.0 Å². The van der Waals surface area contributed by atoms with Gasteiger partial charge in [0.2, 0.25) is 3.94 Å². The summed E-state index contributed by atoms with van der Waals surface area (Å²) in [5, 5.41) is 9.83. The Hall–Kier alpha value is -1.19. The van der Waals surface area contributed by atoms with E-state index in [4.69, 9.17) is 4.74 Å². The third-order valence-electron chi connectivity index (χ3n) is 4.63. The standard InChI is InChI=1S/C21H34NO7PS2/c1-4-7-14-31-21(30(26,27)28,32-15-8-5-2)22(18(6-3)19(23)24)20(25)29-16-17-12-10-9-11-13-17/h9-13,18H,4-8,14-16H2,1-3H3,(H,23,24)(H2,26,27,28). The lowest BCUT2D eigenvalue weighted by Gasteiger charge is -2.44. The van der Waals surface area contributed by atoms with Crippen molar-refractivity contribution in [1.82, 2.24) is 4.90 Å². The summed E-state index contributed by atoms with van der Waals surface area (Å²) in [5.74, 6) is -0.618. The molecule has 1 amide bonds. The molecule has 8 nitrogen and oxygen atoms in total. The number of carboxylic acid groups (broad SMARTS) is 1. The Morgan fingerprint density at radius 1 is 1.06 bits per heavy atom. The van der Waals surface area contributed by atoms with Crippen LogP contribution in [0.3, 0.4) is 0 Å². The van der Waals surface area contributed by atoms with Gasteiger partial charge in [-0.2, -0.15) is 0 Å². The molecule has 0 aromatic heterocycles. The molecule has 182 valence electrons. The van der Waals surface area contributed by atoms with Crippen molar-refractivity contribution in [3.05, 3.63) is 35.9 Å². The molecule has 11 heteroatoms. The van der Waals surface area contributed by atoms with Gasteiger partial charge < -0.3 is 19.6 Å². The van der Waals surface area contributed by atoms with Crippen LogP contribution in [0, 0.1) is 0 Å². The minimum atomic E-state index is -5.01. The molecule has 0 aliphatic carbocycles. The number of unbranched alkanes of at least 4 members (excludes halogenated alkanes) is 2. The number of amides is 1. The van der Waals surface area contributed by atoms with E-state index in [0.717, 1.165) is 41.3 Å². The van der Waals surface area contributed by atoms with E-state index in [-0.39, 0.29) is 13.0 Å². The number of carboxylic acids is 1. The smallest absolute Gasteiger partial charge is 0.413 e. The normalized spacial score (nSPS) is 12.9. The summed E-state index contributed by atoms with van der Waals surface area (Å²) < 4.78 is 16.2. The highest BCUT2D eigenvalue weighted by Gasteiger charge is 2.58. The molecule has 1 rings (SSSR count). The third-order valence-corrected chi connectivity index (χ3v) is 10.6. The summed E-state index contributed by atoms with van der Waals surface area (Å²) in [6.07, 6.45) is 1.83. The molecule has 32 heavy (non-hydrogen) atoms. The SMILES string of the molecule is CCCCSC(SCCCC)(N(C(=O)OCc1ccccc1)C(CC)C(=O)O)P(=O)(O)O. The van der Waals surface area contributed by atoms with Crippen molar-refractivity contribution >= 4 is 43.2 Å². The van der Waals surface area contributed by atoms with E-state index < -0.39 is 29.6 Å². The molecular formula is C21H34NO7PS2.